The van der Waals surface area contributed by atoms with Gasteiger partial charge in [0.2, 0.25) is 0 Å². The van der Waals surface area contributed by atoms with E-state index in [1.54, 1.807) is 6.26 Å². The third-order valence-corrected chi connectivity index (χ3v) is 5.46. The van der Waals surface area contributed by atoms with Gasteiger partial charge < -0.3 is 13.9 Å². The molecular formula is C22H22N2O. The summed E-state index contributed by atoms with van der Waals surface area (Å²) in [6, 6.07) is 17.2. The van der Waals surface area contributed by atoms with Crippen molar-refractivity contribution < 1.29 is 4.42 Å². The zero-order chi connectivity index (χ0) is 16.6. The van der Waals surface area contributed by atoms with Gasteiger partial charge in [0.05, 0.1) is 6.26 Å². The number of nitrogens with zero attached hydrogens (tertiary/aromatic N) is 2. The minimum atomic E-state index is 0.947. The fourth-order valence-electron chi connectivity index (χ4n) is 4.14. The molecule has 4 aromatic rings. The van der Waals surface area contributed by atoms with Gasteiger partial charge in [-0.2, -0.15) is 0 Å². The van der Waals surface area contributed by atoms with Crippen molar-refractivity contribution in [2.24, 2.45) is 0 Å². The quantitative estimate of drug-likeness (QED) is 0.516. The Morgan fingerprint density at radius 1 is 0.800 bits per heavy atom. The molecule has 0 atom stereocenters. The minimum absolute atomic E-state index is 0.947. The summed E-state index contributed by atoms with van der Waals surface area (Å²) in [6.45, 7) is 4.72. The Kier molecular flexibility index (Phi) is 3.60. The standard InChI is InChI=1S/C22H22N2O/c1-2-12-23(11-1)14-15-24-13-9-19-17(5-3-7-21(19)24)18-6-4-8-22-20(18)10-16-25-22/h3-10,13,16H,1-2,11-12,14-15H2. The third kappa shape index (κ3) is 2.56. The average molecular weight is 330 g/mol. The van der Waals surface area contributed by atoms with Gasteiger partial charge in [-0.25, -0.2) is 0 Å². The lowest BCUT2D eigenvalue weighted by Crippen LogP contribution is -2.23. The van der Waals surface area contributed by atoms with Gasteiger partial charge in [-0.15, -0.1) is 0 Å². The SMILES string of the molecule is c1cc(-c2cccc3c2ccn3CCN2CCCC2)c2ccoc2c1. The van der Waals surface area contributed by atoms with Crippen LogP contribution in [0.5, 0.6) is 0 Å². The zero-order valence-electron chi connectivity index (χ0n) is 14.3. The molecule has 126 valence electrons. The van der Waals surface area contributed by atoms with E-state index < -0.39 is 0 Å². The maximum absolute atomic E-state index is 5.58. The number of benzene rings is 2. The molecule has 3 heterocycles. The van der Waals surface area contributed by atoms with E-state index in [9.17, 15) is 0 Å². The first-order chi connectivity index (χ1) is 12.4. The molecule has 0 bridgehead atoms. The van der Waals surface area contributed by atoms with Crippen LogP contribution in [0.25, 0.3) is 33.0 Å². The van der Waals surface area contributed by atoms with Crippen molar-refractivity contribution in [2.45, 2.75) is 19.4 Å². The molecule has 3 nitrogen and oxygen atoms in total. The predicted octanol–water partition coefficient (Wildman–Crippen LogP) is 5.15. The van der Waals surface area contributed by atoms with Crippen LogP contribution in [0.2, 0.25) is 0 Å². The highest BCUT2D eigenvalue weighted by atomic mass is 16.3. The molecule has 1 fully saturated rings. The number of furan rings is 1. The lowest BCUT2D eigenvalue weighted by molar-refractivity contribution is 0.324. The Labute approximate surface area is 147 Å². The highest BCUT2D eigenvalue weighted by molar-refractivity contribution is 6.03. The lowest BCUT2D eigenvalue weighted by Gasteiger charge is -2.15. The van der Waals surface area contributed by atoms with Crippen LogP contribution in [0.3, 0.4) is 0 Å². The van der Waals surface area contributed by atoms with Gasteiger partial charge in [-0.1, -0.05) is 24.3 Å². The molecule has 0 unspecified atom stereocenters. The van der Waals surface area contributed by atoms with Gasteiger partial charge in [-0.3, -0.25) is 0 Å². The van der Waals surface area contributed by atoms with Crippen LogP contribution >= 0.6 is 0 Å². The first-order valence-electron chi connectivity index (χ1n) is 9.17. The van der Waals surface area contributed by atoms with Crippen LogP contribution in [-0.2, 0) is 6.54 Å². The lowest BCUT2D eigenvalue weighted by atomic mass is 9.99. The summed E-state index contributed by atoms with van der Waals surface area (Å²) >= 11 is 0. The highest BCUT2D eigenvalue weighted by Crippen LogP contribution is 2.34. The van der Waals surface area contributed by atoms with Crippen LogP contribution < -0.4 is 0 Å². The molecule has 25 heavy (non-hydrogen) atoms. The van der Waals surface area contributed by atoms with Gasteiger partial charge in [-0.05, 0) is 61.3 Å². The Bertz CT molecular complexity index is 1020. The van der Waals surface area contributed by atoms with E-state index in [4.69, 9.17) is 4.42 Å². The van der Waals surface area contributed by atoms with E-state index in [0.717, 1.165) is 18.7 Å². The highest BCUT2D eigenvalue weighted by Gasteiger charge is 2.13. The summed E-state index contributed by atoms with van der Waals surface area (Å²) in [7, 11) is 0. The van der Waals surface area contributed by atoms with Crippen LogP contribution in [-0.4, -0.2) is 29.1 Å². The average Bonchev–Trinajstić information content (AvgIpc) is 3.38. The molecule has 0 aliphatic carbocycles. The number of hydrogen-bond acceptors (Lipinski definition) is 2. The molecule has 2 aromatic heterocycles. The fraction of sp³-hybridized carbons (Fsp3) is 0.273. The second-order valence-electron chi connectivity index (χ2n) is 6.93. The molecule has 0 saturated carbocycles. The summed E-state index contributed by atoms with van der Waals surface area (Å²) in [5.41, 5.74) is 4.79. The summed E-state index contributed by atoms with van der Waals surface area (Å²) in [6.07, 6.45) is 6.71. The van der Waals surface area contributed by atoms with E-state index in [1.807, 2.05) is 6.07 Å². The van der Waals surface area contributed by atoms with Crippen LogP contribution in [0, 0.1) is 0 Å². The molecule has 1 aliphatic heterocycles. The summed E-state index contributed by atoms with van der Waals surface area (Å²) in [4.78, 5) is 2.57. The van der Waals surface area contributed by atoms with Crippen molar-refractivity contribution >= 4 is 21.9 Å². The zero-order valence-corrected chi connectivity index (χ0v) is 14.3. The largest absolute Gasteiger partial charge is 0.464 e. The van der Waals surface area contributed by atoms with Gasteiger partial charge >= 0.3 is 0 Å². The van der Waals surface area contributed by atoms with Crippen LogP contribution in [0.1, 0.15) is 12.8 Å². The van der Waals surface area contributed by atoms with Crippen molar-refractivity contribution in [1.29, 1.82) is 0 Å². The Morgan fingerprint density at radius 3 is 2.48 bits per heavy atom. The summed E-state index contributed by atoms with van der Waals surface area (Å²) in [5.74, 6) is 0. The fourth-order valence-corrected chi connectivity index (χ4v) is 4.14. The van der Waals surface area contributed by atoms with Crippen molar-refractivity contribution in [1.82, 2.24) is 9.47 Å². The van der Waals surface area contributed by atoms with Crippen LogP contribution in [0.15, 0.2) is 65.4 Å². The third-order valence-electron chi connectivity index (χ3n) is 5.46. The number of fused-ring (bicyclic) bond motifs is 2. The number of aromatic nitrogens is 1. The Morgan fingerprint density at radius 2 is 1.60 bits per heavy atom. The Balaban J connectivity index is 1.55. The summed E-state index contributed by atoms with van der Waals surface area (Å²) in [5, 5.41) is 2.50. The topological polar surface area (TPSA) is 21.3 Å². The summed E-state index contributed by atoms with van der Waals surface area (Å²) < 4.78 is 7.98. The van der Waals surface area contributed by atoms with E-state index in [1.165, 1.54) is 53.3 Å². The van der Waals surface area contributed by atoms with Crippen molar-refractivity contribution in [3.8, 4) is 11.1 Å². The first kappa shape index (κ1) is 14.8. The maximum atomic E-state index is 5.58. The Hall–Kier alpha value is -2.52. The second kappa shape index (κ2) is 6.08. The van der Waals surface area contributed by atoms with E-state index in [-0.39, 0.29) is 0 Å². The first-order valence-corrected chi connectivity index (χ1v) is 9.17. The number of likely N-dealkylation sites (tertiary alicyclic amines) is 1. The number of hydrogen-bond donors (Lipinski definition) is 0. The maximum Gasteiger partial charge on any atom is 0.134 e. The molecule has 0 N–H and O–H groups in total. The smallest absolute Gasteiger partial charge is 0.134 e. The van der Waals surface area contributed by atoms with Gasteiger partial charge in [0.15, 0.2) is 0 Å². The normalized spacial score (nSPS) is 15.5. The van der Waals surface area contributed by atoms with E-state index in [0.29, 0.717) is 0 Å². The molecule has 1 saturated heterocycles. The molecule has 0 radical (unpaired) electrons. The van der Waals surface area contributed by atoms with Crippen molar-refractivity contribution in [2.75, 3.05) is 19.6 Å². The second-order valence-corrected chi connectivity index (χ2v) is 6.93. The molecule has 1 aliphatic rings. The van der Waals surface area contributed by atoms with Crippen molar-refractivity contribution in [3.63, 3.8) is 0 Å². The number of rotatable bonds is 4. The molecular weight excluding hydrogens is 308 g/mol. The molecule has 3 heteroatoms. The van der Waals surface area contributed by atoms with Gasteiger partial charge in [0, 0.05) is 35.6 Å². The van der Waals surface area contributed by atoms with E-state index in [2.05, 4.69) is 58.1 Å². The molecule has 5 rings (SSSR count). The molecule has 0 amide bonds. The predicted molar refractivity (Wildman–Crippen MR) is 103 cm³/mol. The molecule has 2 aromatic carbocycles. The molecule has 0 spiro atoms. The minimum Gasteiger partial charge on any atom is -0.464 e. The van der Waals surface area contributed by atoms with Crippen LogP contribution in [0.4, 0.5) is 0 Å². The van der Waals surface area contributed by atoms with Gasteiger partial charge in [0.25, 0.3) is 0 Å². The van der Waals surface area contributed by atoms with Crippen molar-refractivity contribution in [3.05, 3.63) is 61.0 Å². The van der Waals surface area contributed by atoms with Gasteiger partial charge in [0.1, 0.15) is 5.58 Å². The van der Waals surface area contributed by atoms with E-state index >= 15 is 0 Å². The monoisotopic (exact) mass is 330 g/mol.